The van der Waals surface area contributed by atoms with Crippen LogP contribution in [0.4, 0.5) is 4.39 Å². The lowest BCUT2D eigenvalue weighted by molar-refractivity contribution is -0.130. The van der Waals surface area contributed by atoms with Gasteiger partial charge in [-0.2, -0.15) is 0 Å². The number of carbonyl (C=O) groups excluding carboxylic acids is 1. The van der Waals surface area contributed by atoms with Gasteiger partial charge in [0.05, 0.1) is 0 Å². The molecule has 0 bridgehead atoms. The Morgan fingerprint density at radius 1 is 1.43 bits per heavy atom. The molecule has 2 aromatic rings. The van der Waals surface area contributed by atoms with Gasteiger partial charge in [-0.15, -0.1) is 0 Å². The Balaban J connectivity index is 1.83. The molecule has 0 radical (unpaired) electrons. The smallest absolute Gasteiger partial charge is 0.222 e. The van der Waals surface area contributed by atoms with Gasteiger partial charge in [0, 0.05) is 42.2 Å². The minimum Gasteiger partial charge on any atom is -0.360 e. The molecule has 0 atom stereocenters. The second-order valence-electron chi connectivity index (χ2n) is 5.46. The number of hydrogen-bond donors (Lipinski definition) is 1. The van der Waals surface area contributed by atoms with Crippen molar-refractivity contribution < 1.29 is 9.18 Å². The fourth-order valence-corrected chi connectivity index (χ4v) is 2.88. The first-order valence-corrected chi connectivity index (χ1v) is 7.43. The number of benzene rings is 1. The minimum absolute atomic E-state index is 0.230. The number of halogens is 1. The molecule has 1 amide bonds. The van der Waals surface area contributed by atoms with Crippen LogP contribution in [0.15, 0.2) is 30.5 Å². The van der Waals surface area contributed by atoms with Crippen LogP contribution in [0.1, 0.15) is 31.7 Å². The van der Waals surface area contributed by atoms with E-state index in [1.807, 2.05) is 24.1 Å². The van der Waals surface area contributed by atoms with E-state index in [1.54, 1.807) is 0 Å². The topological polar surface area (TPSA) is 36.1 Å². The second kappa shape index (κ2) is 5.72. The highest BCUT2D eigenvalue weighted by atomic mass is 19.1. The number of nitrogens with zero attached hydrogens (tertiary/aromatic N) is 1. The van der Waals surface area contributed by atoms with Crippen LogP contribution in [0, 0.1) is 5.82 Å². The number of fused-ring (bicyclic) bond motifs is 1. The van der Waals surface area contributed by atoms with Crippen molar-refractivity contribution >= 4 is 22.4 Å². The van der Waals surface area contributed by atoms with Crippen LogP contribution >= 0.6 is 0 Å². The van der Waals surface area contributed by atoms with Crippen molar-refractivity contribution in [2.45, 2.75) is 26.2 Å². The lowest BCUT2D eigenvalue weighted by atomic mass is 9.98. The first kappa shape index (κ1) is 13.9. The Hall–Kier alpha value is -2.10. The van der Waals surface area contributed by atoms with E-state index in [9.17, 15) is 9.18 Å². The summed E-state index contributed by atoms with van der Waals surface area (Å²) in [5, 5.41) is 1.04. The summed E-state index contributed by atoms with van der Waals surface area (Å²) in [7, 11) is 0. The van der Waals surface area contributed by atoms with Gasteiger partial charge >= 0.3 is 0 Å². The third-order valence-electron chi connectivity index (χ3n) is 4.02. The molecule has 110 valence electrons. The molecule has 3 rings (SSSR count). The summed E-state index contributed by atoms with van der Waals surface area (Å²) in [6.45, 7) is 3.45. The van der Waals surface area contributed by atoms with E-state index in [4.69, 9.17) is 0 Å². The maximum absolute atomic E-state index is 13.2. The summed E-state index contributed by atoms with van der Waals surface area (Å²) in [6, 6.07) is 4.81. The van der Waals surface area contributed by atoms with Crippen molar-refractivity contribution in [1.82, 2.24) is 9.88 Å². The van der Waals surface area contributed by atoms with Gasteiger partial charge in [-0.05, 0) is 36.6 Å². The molecule has 2 heterocycles. The number of H-pyrrole nitrogens is 1. The molecule has 0 spiro atoms. The lowest BCUT2D eigenvalue weighted by Crippen LogP contribution is -2.34. The highest BCUT2D eigenvalue weighted by Gasteiger charge is 2.18. The van der Waals surface area contributed by atoms with E-state index >= 15 is 0 Å². The molecular formula is C17H19FN2O. The van der Waals surface area contributed by atoms with Crippen LogP contribution < -0.4 is 0 Å². The monoisotopic (exact) mass is 286 g/mol. The summed E-state index contributed by atoms with van der Waals surface area (Å²) in [6.07, 6.45) is 6.40. The molecule has 0 fully saturated rings. The molecule has 0 unspecified atom stereocenters. The number of nitrogens with one attached hydrogen (secondary N) is 1. The quantitative estimate of drug-likeness (QED) is 0.917. The van der Waals surface area contributed by atoms with Crippen molar-refractivity contribution in [3.63, 3.8) is 0 Å². The first-order chi connectivity index (χ1) is 10.2. The maximum atomic E-state index is 13.2. The molecule has 1 aliphatic heterocycles. The van der Waals surface area contributed by atoms with Crippen molar-refractivity contribution in [2.24, 2.45) is 0 Å². The average molecular weight is 286 g/mol. The molecule has 3 nitrogen and oxygen atoms in total. The normalized spacial score (nSPS) is 15.3. The molecule has 1 aromatic carbocycles. The third-order valence-corrected chi connectivity index (χ3v) is 4.02. The van der Waals surface area contributed by atoms with E-state index in [-0.39, 0.29) is 11.7 Å². The highest BCUT2D eigenvalue weighted by Crippen LogP contribution is 2.29. The first-order valence-electron chi connectivity index (χ1n) is 7.43. The number of carbonyl (C=O) groups is 1. The molecule has 1 aliphatic rings. The van der Waals surface area contributed by atoms with E-state index in [2.05, 4.69) is 11.1 Å². The Bertz CT molecular complexity index is 702. The van der Waals surface area contributed by atoms with Crippen LogP contribution in [-0.2, 0) is 4.79 Å². The summed E-state index contributed by atoms with van der Waals surface area (Å²) >= 11 is 0. The van der Waals surface area contributed by atoms with E-state index in [0.717, 1.165) is 35.9 Å². The lowest BCUT2D eigenvalue weighted by Gasteiger charge is -2.26. The zero-order chi connectivity index (χ0) is 14.8. The van der Waals surface area contributed by atoms with Gasteiger partial charge in [-0.1, -0.05) is 13.0 Å². The molecule has 1 N–H and O–H groups in total. The standard InChI is InChI=1S/C17H19FN2O/c1-2-3-17(21)20-8-6-12(7-9-20)15-11-19-16-10-13(18)4-5-14(15)16/h4-6,10-11,19H,2-3,7-9H2,1H3. The Kier molecular flexibility index (Phi) is 3.78. The number of aromatic nitrogens is 1. The van der Waals surface area contributed by atoms with E-state index in [1.165, 1.54) is 17.7 Å². The van der Waals surface area contributed by atoms with Gasteiger partial charge < -0.3 is 9.88 Å². The fraction of sp³-hybridized carbons (Fsp3) is 0.353. The maximum Gasteiger partial charge on any atom is 0.222 e. The van der Waals surface area contributed by atoms with Crippen molar-refractivity contribution in [3.8, 4) is 0 Å². The van der Waals surface area contributed by atoms with Crippen LogP contribution in [-0.4, -0.2) is 28.9 Å². The van der Waals surface area contributed by atoms with Crippen molar-refractivity contribution in [1.29, 1.82) is 0 Å². The molecule has 0 aliphatic carbocycles. The zero-order valence-electron chi connectivity index (χ0n) is 12.2. The van der Waals surface area contributed by atoms with Gasteiger partial charge in [0.15, 0.2) is 0 Å². The van der Waals surface area contributed by atoms with E-state index < -0.39 is 0 Å². The molecule has 0 saturated heterocycles. The number of amides is 1. The zero-order valence-corrected chi connectivity index (χ0v) is 12.2. The third kappa shape index (κ3) is 2.71. The number of rotatable bonds is 3. The summed E-state index contributed by atoms with van der Waals surface area (Å²) < 4.78 is 13.2. The second-order valence-corrected chi connectivity index (χ2v) is 5.46. The Labute approximate surface area is 123 Å². The van der Waals surface area contributed by atoms with Gasteiger partial charge in [0.25, 0.3) is 0 Å². The summed E-state index contributed by atoms with van der Waals surface area (Å²) in [4.78, 5) is 16.9. The summed E-state index contributed by atoms with van der Waals surface area (Å²) in [5.74, 6) is -0.00124. The number of hydrogen-bond acceptors (Lipinski definition) is 1. The predicted molar refractivity (Wildman–Crippen MR) is 82.3 cm³/mol. The largest absolute Gasteiger partial charge is 0.360 e. The molecule has 21 heavy (non-hydrogen) atoms. The SMILES string of the molecule is CCCC(=O)N1CC=C(c2c[nH]c3cc(F)ccc23)CC1. The summed E-state index contributed by atoms with van der Waals surface area (Å²) in [5.41, 5.74) is 3.16. The molecule has 0 saturated carbocycles. The van der Waals surface area contributed by atoms with Crippen LogP contribution in [0.25, 0.3) is 16.5 Å². The predicted octanol–water partition coefficient (Wildman–Crippen LogP) is 3.72. The number of aromatic amines is 1. The van der Waals surface area contributed by atoms with Gasteiger partial charge in [-0.25, -0.2) is 4.39 Å². The fourth-order valence-electron chi connectivity index (χ4n) is 2.88. The van der Waals surface area contributed by atoms with Gasteiger partial charge in [0.1, 0.15) is 5.82 Å². The highest BCUT2D eigenvalue weighted by molar-refractivity contribution is 5.93. The van der Waals surface area contributed by atoms with Crippen LogP contribution in [0.3, 0.4) is 0 Å². The Morgan fingerprint density at radius 2 is 2.29 bits per heavy atom. The molecule has 1 aromatic heterocycles. The van der Waals surface area contributed by atoms with Gasteiger partial charge in [0.2, 0.25) is 5.91 Å². The van der Waals surface area contributed by atoms with Crippen LogP contribution in [0.2, 0.25) is 0 Å². The van der Waals surface area contributed by atoms with E-state index in [0.29, 0.717) is 13.0 Å². The van der Waals surface area contributed by atoms with Crippen molar-refractivity contribution in [2.75, 3.05) is 13.1 Å². The van der Waals surface area contributed by atoms with Gasteiger partial charge in [-0.3, -0.25) is 4.79 Å². The average Bonchev–Trinajstić information content (AvgIpc) is 2.90. The van der Waals surface area contributed by atoms with Crippen LogP contribution in [0.5, 0.6) is 0 Å². The minimum atomic E-state index is -0.232. The Morgan fingerprint density at radius 3 is 3.00 bits per heavy atom. The molecule has 4 heteroatoms. The van der Waals surface area contributed by atoms with Crippen molar-refractivity contribution in [3.05, 3.63) is 41.9 Å². The molecular weight excluding hydrogens is 267 g/mol.